The summed E-state index contributed by atoms with van der Waals surface area (Å²) in [6.07, 6.45) is 1.76. The number of guanidine groups is 1. The summed E-state index contributed by atoms with van der Waals surface area (Å²) in [6, 6.07) is 9.81. The fourth-order valence-electron chi connectivity index (χ4n) is 2.59. The van der Waals surface area contributed by atoms with Crippen LogP contribution in [0.25, 0.3) is 0 Å². The molecule has 0 aliphatic carbocycles. The molecule has 7 heteroatoms. The predicted octanol–water partition coefficient (Wildman–Crippen LogP) is 2.43. The summed E-state index contributed by atoms with van der Waals surface area (Å²) < 4.78 is 16.8. The van der Waals surface area contributed by atoms with E-state index in [4.69, 9.17) is 14.2 Å². The van der Waals surface area contributed by atoms with Crippen LogP contribution >= 0.6 is 24.0 Å². The highest BCUT2D eigenvalue weighted by Crippen LogP contribution is 2.24. The fourth-order valence-corrected chi connectivity index (χ4v) is 2.59. The van der Waals surface area contributed by atoms with Crippen LogP contribution in [0.4, 0.5) is 0 Å². The molecular formula is C18H30IN3O3. The molecule has 0 spiro atoms. The molecule has 0 atom stereocenters. The van der Waals surface area contributed by atoms with Crippen molar-refractivity contribution in [2.24, 2.45) is 4.99 Å². The number of hydrogen-bond acceptors (Lipinski definition) is 4. The zero-order chi connectivity index (χ0) is 17.1. The Labute approximate surface area is 167 Å². The van der Waals surface area contributed by atoms with E-state index in [9.17, 15) is 0 Å². The number of ether oxygens (including phenoxy) is 3. The number of para-hydroxylation sites is 1. The van der Waals surface area contributed by atoms with Crippen LogP contribution in [0.1, 0.15) is 19.8 Å². The molecule has 1 fully saturated rings. The first-order valence-electron chi connectivity index (χ1n) is 8.61. The summed E-state index contributed by atoms with van der Waals surface area (Å²) >= 11 is 0. The summed E-state index contributed by atoms with van der Waals surface area (Å²) in [5, 5.41) is 6.56. The third-order valence-electron chi connectivity index (χ3n) is 4.11. The van der Waals surface area contributed by atoms with Gasteiger partial charge in [0, 0.05) is 39.7 Å². The van der Waals surface area contributed by atoms with Crippen LogP contribution in [0.5, 0.6) is 5.75 Å². The van der Waals surface area contributed by atoms with Crippen molar-refractivity contribution in [3.63, 3.8) is 0 Å². The van der Waals surface area contributed by atoms with Crippen LogP contribution in [-0.4, -0.2) is 58.1 Å². The Bertz CT molecular complexity index is 494. The van der Waals surface area contributed by atoms with E-state index in [0.717, 1.165) is 44.3 Å². The van der Waals surface area contributed by atoms with Crippen LogP contribution in [0.2, 0.25) is 0 Å². The van der Waals surface area contributed by atoms with E-state index in [2.05, 4.69) is 22.5 Å². The normalized spacial score (nSPS) is 16.6. The summed E-state index contributed by atoms with van der Waals surface area (Å²) in [4.78, 5) is 4.68. The Morgan fingerprint density at radius 3 is 2.56 bits per heavy atom. The molecule has 142 valence electrons. The maximum atomic E-state index is 5.72. The third kappa shape index (κ3) is 7.79. The van der Waals surface area contributed by atoms with Crippen LogP contribution in [0.3, 0.4) is 0 Å². The van der Waals surface area contributed by atoms with E-state index in [1.54, 1.807) is 7.11 Å². The molecule has 25 heavy (non-hydrogen) atoms. The number of halogens is 1. The van der Waals surface area contributed by atoms with Gasteiger partial charge in [0.25, 0.3) is 0 Å². The molecular weight excluding hydrogens is 433 g/mol. The maximum Gasteiger partial charge on any atom is 0.191 e. The number of rotatable bonds is 8. The molecule has 0 bridgehead atoms. The number of aliphatic imine (C=N–C) groups is 1. The number of benzene rings is 1. The Hall–Kier alpha value is -1.06. The lowest BCUT2D eigenvalue weighted by Crippen LogP contribution is -2.44. The number of hydrogen-bond donors (Lipinski definition) is 2. The second-order valence-corrected chi connectivity index (χ2v) is 5.78. The van der Waals surface area contributed by atoms with Gasteiger partial charge in [0.15, 0.2) is 5.96 Å². The van der Waals surface area contributed by atoms with Crippen molar-refractivity contribution in [3.05, 3.63) is 30.3 Å². The van der Waals surface area contributed by atoms with E-state index in [-0.39, 0.29) is 29.6 Å². The Kier molecular flexibility index (Phi) is 10.8. The molecule has 0 aromatic heterocycles. The minimum Gasteiger partial charge on any atom is -0.492 e. The lowest BCUT2D eigenvalue weighted by atomic mass is 9.94. The van der Waals surface area contributed by atoms with Crippen molar-refractivity contribution < 1.29 is 14.2 Å². The molecule has 0 saturated carbocycles. The summed E-state index contributed by atoms with van der Waals surface area (Å²) in [7, 11) is 1.76. The summed E-state index contributed by atoms with van der Waals surface area (Å²) in [6.45, 7) is 6.23. The van der Waals surface area contributed by atoms with E-state index in [1.807, 2.05) is 30.3 Å². The highest BCUT2D eigenvalue weighted by molar-refractivity contribution is 14.0. The van der Waals surface area contributed by atoms with Gasteiger partial charge in [-0.2, -0.15) is 0 Å². The second-order valence-electron chi connectivity index (χ2n) is 5.78. The van der Waals surface area contributed by atoms with Crippen molar-refractivity contribution in [3.8, 4) is 5.75 Å². The monoisotopic (exact) mass is 463 g/mol. The second kappa shape index (κ2) is 12.3. The molecule has 0 amide bonds. The quantitative estimate of drug-likeness (QED) is 0.269. The van der Waals surface area contributed by atoms with Crippen LogP contribution in [-0.2, 0) is 9.47 Å². The van der Waals surface area contributed by atoms with Gasteiger partial charge >= 0.3 is 0 Å². The third-order valence-corrected chi connectivity index (χ3v) is 4.11. The van der Waals surface area contributed by atoms with Crippen LogP contribution in [0, 0.1) is 0 Å². The lowest BCUT2D eigenvalue weighted by molar-refractivity contribution is -0.0828. The van der Waals surface area contributed by atoms with Crippen molar-refractivity contribution in [2.75, 3.05) is 46.6 Å². The average Bonchev–Trinajstić information content (AvgIpc) is 2.65. The maximum absolute atomic E-state index is 5.72. The molecule has 0 unspecified atom stereocenters. The molecule has 1 aromatic rings. The van der Waals surface area contributed by atoms with Gasteiger partial charge in [-0.1, -0.05) is 18.2 Å². The van der Waals surface area contributed by atoms with Crippen molar-refractivity contribution >= 4 is 29.9 Å². The molecule has 0 radical (unpaired) electrons. The number of nitrogens with zero attached hydrogens (tertiary/aromatic N) is 1. The van der Waals surface area contributed by atoms with Gasteiger partial charge in [-0.15, -0.1) is 24.0 Å². The molecule has 6 nitrogen and oxygen atoms in total. The summed E-state index contributed by atoms with van der Waals surface area (Å²) in [5.74, 6) is 1.67. The largest absolute Gasteiger partial charge is 0.492 e. The van der Waals surface area contributed by atoms with Crippen molar-refractivity contribution in [1.29, 1.82) is 0 Å². The van der Waals surface area contributed by atoms with Gasteiger partial charge in [0.05, 0.1) is 18.7 Å². The first-order chi connectivity index (χ1) is 11.8. The fraction of sp³-hybridized carbons (Fsp3) is 0.611. The first kappa shape index (κ1) is 22.0. The van der Waals surface area contributed by atoms with Gasteiger partial charge < -0.3 is 24.8 Å². The van der Waals surface area contributed by atoms with Gasteiger partial charge in [-0.3, -0.25) is 4.99 Å². The summed E-state index contributed by atoms with van der Waals surface area (Å²) in [5.41, 5.74) is -0.207. The van der Waals surface area contributed by atoms with E-state index < -0.39 is 0 Å². The lowest BCUT2D eigenvalue weighted by Gasteiger charge is -2.34. The highest BCUT2D eigenvalue weighted by atomic mass is 127. The topological polar surface area (TPSA) is 64.1 Å². The molecule has 1 aliphatic rings. The smallest absolute Gasteiger partial charge is 0.191 e. The minimum atomic E-state index is -0.207. The van der Waals surface area contributed by atoms with E-state index >= 15 is 0 Å². The molecule has 2 N–H and O–H groups in total. The Balaban J connectivity index is 0.00000312. The Morgan fingerprint density at radius 2 is 1.92 bits per heavy atom. The standard InChI is InChI=1S/C18H29N3O3.HI/c1-3-19-17(20-11-14-24-16-7-5-4-6-8-16)21-15-18(22-2)9-12-23-13-10-18;/h4-8H,3,9-15H2,1-2H3,(H2,19,20,21);1H. The SMILES string of the molecule is CCNC(=NCC1(OC)CCOCC1)NCCOc1ccccc1.I. The van der Waals surface area contributed by atoms with E-state index in [1.165, 1.54) is 0 Å². The van der Waals surface area contributed by atoms with Crippen LogP contribution in [0.15, 0.2) is 35.3 Å². The molecule has 1 aliphatic heterocycles. The molecule has 1 aromatic carbocycles. The molecule has 1 heterocycles. The first-order valence-corrected chi connectivity index (χ1v) is 8.61. The van der Waals surface area contributed by atoms with Gasteiger partial charge in [0.2, 0.25) is 0 Å². The minimum absolute atomic E-state index is 0. The zero-order valence-electron chi connectivity index (χ0n) is 15.1. The van der Waals surface area contributed by atoms with Crippen molar-refractivity contribution in [2.45, 2.75) is 25.4 Å². The highest BCUT2D eigenvalue weighted by Gasteiger charge is 2.32. The zero-order valence-corrected chi connectivity index (χ0v) is 17.5. The molecule has 2 rings (SSSR count). The number of nitrogens with one attached hydrogen (secondary N) is 2. The predicted molar refractivity (Wildman–Crippen MR) is 111 cm³/mol. The van der Waals surface area contributed by atoms with Gasteiger partial charge in [-0.25, -0.2) is 0 Å². The van der Waals surface area contributed by atoms with Gasteiger partial charge in [-0.05, 0) is 19.1 Å². The van der Waals surface area contributed by atoms with Crippen molar-refractivity contribution in [1.82, 2.24) is 10.6 Å². The Morgan fingerprint density at radius 1 is 1.20 bits per heavy atom. The van der Waals surface area contributed by atoms with Crippen LogP contribution < -0.4 is 15.4 Å². The average molecular weight is 463 g/mol. The molecule has 1 saturated heterocycles. The van der Waals surface area contributed by atoms with Gasteiger partial charge in [0.1, 0.15) is 12.4 Å². The number of methoxy groups -OCH3 is 1. The van der Waals surface area contributed by atoms with E-state index in [0.29, 0.717) is 19.7 Å².